The Balaban J connectivity index is 0.00000180. The molecule has 2 rings (SSSR count). The smallest absolute Gasteiger partial charge is 0.242 e. The summed E-state index contributed by atoms with van der Waals surface area (Å²) in [5, 5.41) is 0. The topological polar surface area (TPSA) is 66.6 Å². The maximum absolute atomic E-state index is 12.1. The Morgan fingerprint density at radius 1 is 1.16 bits per heavy atom. The number of carbonyl (C=O) groups is 2. The van der Waals surface area contributed by atoms with Crippen LogP contribution < -0.4 is 5.73 Å². The minimum atomic E-state index is 0. The number of hydrogen-bond acceptors (Lipinski definition) is 3. The van der Waals surface area contributed by atoms with Gasteiger partial charge in [0.1, 0.15) is 0 Å². The molecule has 19 heavy (non-hydrogen) atoms. The molecular weight excluding hydrogens is 266 g/mol. The van der Waals surface area contributed by atoms with E-state index in [0.29, 0.717) is 6.42 Å². The molecule has 0 aromatic carbocycles. The maximum atomic E-state index is 12.1. The molecule has 0 saturated carbocycles. The predicted octanol–water partition coefficient (Wildman–Crippen LogP) is 0.760. The molecule has 2 saturated heterocycles. The average molecular weight is 290 g/mol. The van der Waals surface area contributed by atoms with Gasteiger partial charge in [-0.2, -0.15) is 0 Å². The molecule has 0 aromatic rings. The molecule has 0 bridgehead atoms. The van der Waals surface area contributed by atoms with Crippen LogP contribution in [0.4, 0.5) is 0 Å². The first-order valence-corrected chi connectivity index (χ1v) is 6.98. The van der Waals surface area contributed by atoms with E-state index in [4.69, 9.17) is 5.73 Å². The first-order valence-electron chi connectivity index (χ1n) is 6.98. The third-order valence-corrected chi connectivity index (χ3v) is 3.89. The monoisotopic (exact) mass is 289 g/mol. The van der Waals surface area contributed by atoms with Gasteiger partial charge in [0.25, 0.3) is 0 Å². The van der Waals surface area contributed by atoms with Crippen LogP contribution in [0.15, 0.2) is 0 Å². The van der Waals surface area contributed by atoms with E-state index in [1.54, 1.807) is 4.90 Å². The quantitative estimate of drug-likeness (QED) is 0.816. The van der Waals surface area contributed by atoms with Gasteiger partial charge in [-0.25, -0.2) is 0 Å². The van der Waals surface area contributed by atoms with Gasteiger partial charge >= 0.3 is 0 Å². The van der Waals surface area contributed by atoms with Crippen LogP contribution in [-0.2, 0) is 9.59 Å². The standard InChI is InChI=1S/C13H23N3O2.ClH/c14-11-5-8-15(9-6-11)13(18)10-16-7-3-1-2-4-12(16)17;/h11H,1-10,14H2;1H. The SMILES string of the molecule is Cl.NC1CCN(C(=O)CN2CCCCCC2=O)CC1. The fourth-order valence-corrected chi connectivity index (χ4v) is 2.62. The Bertz CT molecular complexity index is 317. The van der Waals surface area contributed by atoms with Crippen molar-refractivity contribution in [3.63, 3.8) is 0 Å². The van der Waals surface area contributed by atoms with Crippen LogP contribution in [0.1, 0.15) is 38.5 Å². The second-order valence-corrected chi connectivity index (χ2v) is 5.34. The Morgan fingerprint density at radius 2 is 1.84 bits per heavy atom. The van der Waals surface area contributed by atoms with Crippen molar-refractivity contribution in [3.8, 4) is 0 Å². The summed E-state index contributed by atoms with van der Waals surface area (Å²) >= 11 is 0. The van der Waals surface area contributed by atoms with Crippen molar-refractivity contribution in [1.29, 1.82) is 0 Å². The molecule has 6 heteroatoms. The summed E-state index contributed by atoms with van der Waals surface area (Å²) in [7, 11) is 0. The molecule has 110 valence electrons. The number of nitrogens with two attached hydrogens (primary N) is 1. The normalized spacial score (nSPS) is 21.8. The largest absolute Gasteiger partial charge is 0.341 e. The van der Waals surface area contributed by atoms with Crippen molar-refractivity contribution < 1.29 is 9.59 Å². The van der Waals surface area contributed by atoms with Crippen molar-refractivity contribution in [3.05, 3.63) is 0 Å². The van der Waals surface area contributed by atoms with E-state index in [9.17, 15) is 9.59 Å². The highest BCUT2D eigenvalue weighted by molar-refractivity contribution is 5.85. The van der Waals surface area contributed by atoms with Crippen LogP contribution in [0, 0.1) is 0 Å². The van der Waals surface area contributed by atoms with E-state index in [-0.39, 0.29) is 36.8 Å². The lowest BCUT2D eigenvalue weighted by Gasteiger charge is -2.32. The Hall–Kier alpha value is -0.810. The summed E-state index contributed by atoms with van der Waals surface area (Å²) in [5.74, 6) is 0.215. The van der Waals surface area contributed by atoms with E-state index in [2.05, 4.69) is 0 Å². The van der Waals surface area contributed by atoms with E-state index in [1.165, 1.54) is 0 Å². The molecule has 0 aromatic heterocycles. The number of amides is 2. The van der Waals surface area contributed by atoms with Crippen LogP contribution in [0.5, 0.6) is 0 Å². The second-order valence-electron chi connectivity index (χ2n) is 5.34. The van der Waals surface area contributed by atoms with Gasteiger partial charge in [0, 0.05) is 32.1 Å². The molecule has 2 heterocycles. The first-order chi connectivity index (χ1) is 8.66. The lowest BCUT2D eigenvalue weighted by atomic mass is 10.1. The van der Waals surface area contributed by atoms with Crippen LogP contribution in [0.3, 0.4) is 0 Å². The summed E-state index contributed by atoms with van der Waals surface area (Å²) in [5.41, 5.74) is 5.82. The molecule has 2 aliphatic heterocycles. The van der Waals surface area contributed by atoms with E-state index in [1.807, 2.05) is 4.90 Å². The highest BCUT2D eigenvalue weighted by Gasteiger charge is 2.24. The highest BCUT2D eigenvalue weighted by atomic mass is 35.5. The number of likely N-dealkylation sites (tertiary alicyclic amines) is 2. The number of nitrogens with zero attached hydrogens (tertiary/aromatic N) is 2. The van der Waals surface area contributed by atoms with Crippen LogP contribution >= 0.6 is 12.4 Å². The van der Waals surface area contributed by atoms with Gasteiger partial charge in [0.05, 0.1) is 6.54 Å². The number of carbonyl (C=O) groups excluding carboxylic acids is 2. The summed E-state index contributed by atoms with van der Waals surface area (Å²) < 4.78 is 0. The zero-order valence-electron chi connectivity index (χ0n) is 11.3. The molecule has 2 aliphatic rings. The summed E-state index contributed by atoms with van der Waals surface area (Å²) in [6.45, 7) is 2.47. The lowest BCUT2D eigenvalue weighted by Crippen LogP contribution is -2.47. The fraction of sp³-hybridized carbons (Fsp3) is 0.846. The number of halogens is 1. The van der Waals surface area contributed by atoms with E-state index >= 15 is 0 Å². The summed E-state index contributed by atoms with van der Waals surface area (Å²) in [4.78, 5) is 27.5. The molecule has 0 unspecified atom stereocenters. The molecular formula is C13H24ClN3O2. The van der Waals surface area contributed by atoms with Crippen molar-refractivity contribution in [2.24, 2.45) is 5.73 Å². The molecule has 0 aliphatic carbocycles. The molecule has 0 atom stereocenters. The molecule has 2 fully saturated rings. The third-order valence-electron chi connectivity index (χ3n) is 3.89. The minimum absolute atomic E-state index is 0. The highest BCUT2D eigenvalue weighted by Crippen LogP contribution is 2.13. The van der Waals surface area contributed by atoms with Gasteiger partial charge in [-0.05, 0) is 25.7 Å². The Labute approximate surface area is 120 Å². The van der Waals surface area contributed by atoms with Crippen molar-refractivity contribution >= 4 is 24.2 Å². The maximum Gasteiger partial charge on any atom is 0.242 e. The van der Waals surface area contributed by atoms with Gasteiger partial charge in [0.15, 0.2) is 0 Å². The second kappa shape index (κ2) is 7.70. The van der Waals surface area contributed by atoms with Gasteiger partial charge in [-0.15, -0.1) is 12.4 Å². The lowest BCUT2D eigenvalue weighted by molar-refractivity contribution is -0.140. The summed E-state index contributed by atoms with van der Waals surface area (Å²) in [6, 6.07) is 0.230. The van der Waals surface area contributed by atoms with Gasteiger partial charge in [-0.1, -0.05) is 6.42 Å². The Morgan fingerprint density at radius 3 is 2.53 bits per heavy atom. The minimum Gasteiger partial charge on any atom is -0.341 e. The van der Waals surface area contributed by atoms with Crippen molar-refractivity contribution in [2.45, 2.75) is 44.6 Å². The summed E-state index contributed by atoms with van der Waals surface area (Å²) in [6.07, 6.45) is 5.42. The predicted molar refractivity (Wildman–Crippen MR) is 76.1 cm³/mol. The number of rotatable bonds is 2. The Kier molecular flexibility index (Phi) is 6.58. The van der Waals surface area contributed by atoms with Gasteiger partial charge in [0.2, 0.25) is 11.8 Å². The molecule has 0 spiro atoms. The molecule has 0 radical (unpaired) electrons. The van der Waals surface area contributed by atoms with E-state index in [0.717, 1.165) is 51.7 Å². The first kappa shape index (κ1) is 16.2. The van der Waals surface area contributed by atoms with Crippen molar-refractivity contribution in [1.82, 2.24) is 9.80 Å². The molecule has 2 N–H and O–H groups in total. The number of hydrogen-bond donors (Lipinski definition) is 1. The van der Waals surface area contributed by atoms with Crippen LogP contribution in [0.25, 0.3) is 0 Å². The fourth-order valence-electron chi connectivity index (χ4n) is 2.62. The third kappa shape index (κ3) is 4.66. The zero-order valence-corrected chi connectivity index (χ0v) is 12.2. The molecule has 5 nitrogen and oxygen atoms in total. The van der Waals surface area contributed by atoms with Crippen molar-refractivity contribution in [2.75, 3.05) is 26.2 Å². The average Bonchev–Trinajstić information content (AvgIpc) is 2.56. The number of piperidine rings is 1. The van der Waals surface area contributed by atoms with Gasteiger partial charge < -0.3 is 15.5 Å². The van der Waals surface area contributed by atoms with Crippen LogP contribution in [-0.4, -0.2) is 53.8 Å². The molecule has 2 amide bonds. The van der Waals surface area contributed by atoms with Gasteiger partial charge in [-0.3, -0.25) is 9.59 Å². The van der Waals surface area contributed by atoms with Crippen LogP contribution in [0.2, 0.25) is 0 Å². The van der Waals surface area contributed by atoms with E-state index < -0.39 is 0 Å². The zero-order chi connectivity index (χ0) is 13.0.